The van der Waals surface area contributed by atoms with Gasteiger partial charge in [-0.2, -0.15) is 0 Å². The molecule has 0 aliphatic carbocycles. The van der Waals surface area contributed by atoms with Gasteiger partial charge in [-0.1, -0.05) is 30.3 Å². The molecule has 1 amide bonds. The lowest BCUT2D eigenvalue weighted by Gasteiger charge is -2.25. The molecule has 1 atom stereocenters. The zero-order valence-electron chi connectivity index (χ0n) is 8.55. The summed E-state index contributed by atoms with van der Waals surface area (Å²) >= 11 is 0. The van der Waals surface area contributed by atoms with E-state index >= 15 is 0 Å². The van der Waals surface area contributed by atoms with Crippen LogP contribution in [0.1, 0.15) is 18.0 Å². The van der Waals surface area contributed by atoms with Crippen molar-refractivity contribution in [2.24, 2.45) is 10.7 Å². The van der Waals surface area contributed by atoms with E-state index in [-0.39, 0.29) is 11.9 Å². The maximum Gasteiger partial charge on any atom is 0.231 e. The molecule has 1 heterocycles. The zero-order valence-corrected chi connectivity index (χ0v) is 8.55. The summed E-state index contributed by atoms with van der Waals surface area (Å²) in [6, 6.07) is 9.59. The van der Waals surface area contributed by atoms with E-state index in [0.717, 1.165) is 5.56 Å². The van der Waals surface area contributed by atoms with Crippen molar-refractivity contribution in [3.05, 3.63) is 35.9 Å². The number of hydrogen-bond acceptors (Lipinski definition) is 3. The standard InChI is InChI=1S/C11H13N3O/c1-14-10(15)7-9(13-11(14)12)8-5-3-2-4-6-8/h2-6,9H,7H2,1H3,(H2,12,13)/t9-/m1/s1. The third-order valence-electron chi connectivity index (χ3n) is 2.56. The topological polar surface area (TPSA) is 58.7 Å². The van der Waals surface area contributed by atoms with Crippen molar-refractivity contribution in [3.63, 3.8) is 0 Å². The van der Waals surface area contributed by atoms with Gasteiger partial charge >= 0.3 is 0 Å². The minimum atomic E-state index is -0.130. The average Bonchev–Trinajstić information content (AvgIpc) is 2.26. The predicted octanol–water partition coefficient (Wildman–Crippen LogP) is 0.904. The van der Waals surface area contributed by atoms with Crippen LogP contribution >= 0.6 is 0 Å². The molecule has 1 aliphatic heterocycles. The number of hydrogen-bond donors (Lipinski definition) is 1. The molecule has 0 fully saturated rings. The van der Waals surface area contributed by atoms with E-state index in [1.54, 1.807) is 7.05 Å². The quantitative estimate of drug-likeness (QED) is 0.737. The maximum atomic E-state index is 11.6. The van der Waals surface area contributed by atoms with Crippen molar-refractivity contribution < 1.29 is 4.79 Å². The monoisotopic (exact) mass is 203 g/mol. The summed E-state index contributed by atoms with van der Waals surface area (Å²) in [4.78, 5) is 17.2. The Morgan fingerprint density at radius 1 is 1.40 bits per heavy atom. The molecule has 0 radical (unpaired) electrons. The Morgan fingerprint density at radius 3 is 2.67 bits per heavy atom. The molecule has 0 aromatic heterocycles. The highest BCUT2D eigenvalue weighted by Gasteiger charge is 2.25. The largest absolute Gasteiger partial charge is 0.369 e. The number of guanidine groups is 1. The first-order chi connectivity index (χ1) is 7.18. The molecule has 0 saturated heterocycles. The van der Waals surface area contributed by atoms with Gasteiger partial charge in [0.2, 0.25) is 5.91 Å². The fraction of sp³-hybridized carbons (Fsp3) is 0.273. The Morgan fingerprint density at radius 2 is 2.07 bits per heavy atom. The van der Waals surface area contributed by atoms with Crippen molar-refractivity contribution in [2.45, 2.75) is 12.5 Å². The number of carbonyl (C=O) groups is 1. The Balaban J connectivity index is 2.30. The summed E-state index contributed by atoms with van der Waals surface area (Å²) in [6.45, 7) is 0. The minimum absolute atomic E-state index is 0.0105. The average molecular weight is 203 g/mol. The van der Waals surface area contributed by atoms with E-state index in [1.807, 2.05) is 30.3 Å². The molecule has 78 valence electrons. The van der Waals surface area contributed by atoms with E-state index in [0.29, 0.717) is 12.4 Å². The molecule has 4 nitrogen and oxygen atoms in total. The summed E-state index contributed by atoms with van der Waals surface area (Å²) in [5.74, 6) is 0.302. The highest BCUT2D eigenvalue weighted by molar-refractivity contribution is 5.98. The van der Waals surface area contributed by atoms with Crippen molar-refractivity contribution in [3.8, 4) is 0 Å². The van der Waals surface area contributed by atoms with Crippen LogP contribution in [0.3, 0.4) is 0 Å². The molecule has 0 spiro atoms. The summed E-state index contributed by atoms with van der Waals surface area (Å²) in [5.41, 5.74) is 6.68. The van der Waals surface area contributed by atoms with Gasteiger partial charge in [0, 0.05) is 7.05 Å². The smallest absolute Gasteiger partial charge is 0.231 e. The number of amides is 1. The van der Waals surface area contributed by atoms with E-state index < -0.39 is 0 Å². The van der Waals surface area contributed by atoms with Gasteiger partial charge in [0.15, 0.2) is 5.96 Å². The fourth-order valence-electron chi connectivity index (χ4n) is 1.59. The maximum absolute atomic E-state index is 11.6. The molecule has 2 N–H and O–H groups in total. The van der Waals surface area contributed by atoms with Crippen molar-refractivity contribution in [1.82, 2.24) is 4.90 Å². The number of nitrogens with two attached hydrogens (primary N) is 1. The SMILES string of the molecule is CN1C(=O)C[C@H](c2ccccc2)N=C1N. The van der Waals surface area contributed by atoms with Crippen LogP contribution in [0, 0.1) is 0 Å². The summed E-state index contributed by atoms with van der Waals surface area (Å²) < 4.78 is 0. The van der Waals surface area contributed by atoms with Gasteiger partial charge in [0.05, 0.1) is 12.5 Å². The van der Waals surface area contributed by atoms with Crippen LogP contribution in [0.4, 0.5) is 0 Å². The number of benzene rings is 1. The first-order valence-corrected chi connectivity index (χ1v) is 4.83. The molecule has 1 aromatic carbocycles. The van der Waals surface area contributed by atoms with Crippen LogP contribution < -0.4 is 5.73 Å². The zero-order chi connectivity index (χ0) is 10.8. The van der Waals surface area contributed by atoms with Crippen LogP contribution in [0.2, 0.25) is 0 Å². The van der Waals surface area contributed by atoms with Crippen molar-refractivity contribution in [1.29, 1.82) is 0 Å². The molecule has 1 aromatic rings. The van der Waals surface area contributed by atoms with Crippen LogP contribution in [0.25, 0.3) is 0 Å². The molecular formula is C11H13N3O. The number of carbonyl (C=O) groups excluding carboxylic acids is 1. The first kappa shape index (κ1) is 9.71. The lowest BCUT2D eigenvalue weighted by molar-refractivity contribution is -0.127. The third kappa shape index (κ3) is 1.83. The Kier molecular flexibility index (Phi) is 2.41. The molecule has 1 aliphatic rings. The van der Waals surface area contributed by atoms with E-state index in [2.05, 4.69) is 4.99 Å². The molecule has 0 saturated carbocycles. The molecule has 15 heavy (non-hydrogen) atoms. The van der Waals surface area contributed by atoms with Crippen molar-refractivity contribution in [2.75, 3.05) is 7.05 Å². The first-order valence-electron chi connectivity index (χ1n) is 4.83. The molecular weight excluding hydrogens is 190 g/mol. The lowest BCUT2D eigenvalue weighted by atomic mass is 10.0. The van der Waals surface area contributed by atoms with E-state index in [4.69, 9.17) is 5.73 Å². The van der Waals surface area contributed by atoms with E-state index in [1.165, 1.54) is 4.90 Å². The number of nitrogens with zero attached hydrogens (tertiary/aromatic N) is 2. The summed E-state index contributed by atoms with van der Waals surface area (Å²) in [7, 11) is 1.64. The second kappa shape index (κ2) is 3.73. The molecule has 0 bridgehead atoms. The number of aliphatic imine (C=N–C) groups is 1. The van der Waals surface area contributed by atoms with Crippen LogP contribution in [-0.4, -0.2) is 23.8 Å². The van der Waals surface area contributed by atoms with Gasteiger partial charge in [-0.05, 0) is 5.56 Å². The van der Waals surface area contributed by atoms with Gasteiger partial charge < -0.3 is 5.73 Å². The molecule has 2 rings (SSSR count). The van der Waals surface area contributed by atoms with Crippen LogP contribution in [0.5, 0.6) is 0 Å². The lowest BCUT2D eigenvalue weighted by Crippen LogP contribution is -2.42. The normalized spacial score (nSPS) is 21.4. The number of rotatable bonds is 1. The molecule has 4 heteroatoms. The predicted molar refractivity (Wildman–Crippen MR) is 58.2 cm³/mol. The summed E-state index contributed by atoms with van der Waals surface area (Å²) in [6.07, 6.45) is 0.390. The third-order valence-corrected chi connectivity index (χ3v) is 2.56. The van der Waals surface area contributed by atoms with Gasteiger partial charge in [-0.3, -0.25) is 9.69 Å². The summed E-state index contributed by atoms with van der Waals surface area (Å²) in [5, 5.41) is 0. The second-order valence-corrected chi connectivity index (χ2v) is 3.57. The highest BCUT2D eigenvalue weighted by Crippen LogP contribution is 2.24. The Bertz CT molecular complexity index is 400. The van der Waals surface area contributed by atoms with Crippen molar-refractivity contribution >= 4 is 11.9 Å². The highest BCUT2D eigenvalue weighted by atomic mass is 16.2. The van der Waals surface area contributed by atoms with E-state index in [9.17, 15) is 4.79 Å². The Labute approximate surface area is 88.4 Å². The van der Waals surface area contributed by atoms with Crippen LogP contribution in [0.15, 0.2) is 35.3 Å². The van der Waals surface area contributed by atoms with Crippen LogP contribution in [-0.2, 0) is 4.79 Å². The van der Waals surface area contributed by atoms with Gasteiger partial charge in [0.25, 0.3) is 0 Å². The minimum Gasteiger partial charge on any atom is -0.369 e. The second-order valence-electron chi connectivity index (χ2n) is 3.57. The van der Waals surface area contributed by atoms with Gasteiger partial charge in [-0.25, -0.2) is 4.99 Å². The fourth-order valence-corrected chi connectivity index (χ4v) is 1.59. The Hall–Kier alpha value is -1.84. The van der Waals surface area contributed by atoms with Gasteiger partial charge in [-0.15, -0.1) is 0 Å². The molecule has 0 unspecified atom stereocenters. The van der Waals surface area contributed by atoms with Gasteiger partial charge in [0.1, 0.15) is 0 Å².